The van der Waals surface area contributed by atoms with E-state index in [1.165, 1.54) is 12.1 Å². The van der Waals surface area contributed by atoms with Gasteiger partial charge in [-0.3, -0.25) is 0 Å². The molecule has 0 aliphatic heterocycles. The second-order valence-electron chi connectivity index (χ2n) is 3.79. The minimum absolute atomic E-state index is 0.0953. The molecule has 0 aliphatic carbocycles. The maximum Gasteiger partial charge on any atom is 0.159 e. The van der Waals surface area contributed by atoms with Gasteiger partial charge in [-0.2, -0.15) is 0 Å². The fourth-order valence-corrected chi connectivity index (χ4v) is 1.68. The van der Waals surface area contributed by atoms with E-state index < -0.39 is 29.3 Å². The Kier molecular flexibility index (Phi) is 3.34. The van der Waals surface area contributed by atoms with Crippen molar-refractivity contribution < 1.29 is 17.6 Å². The van der Waals surface area contributed by atoms with Crippen LogP contribution in [0, 0.1) is 23.3 Å². The van der Waals surface area contributed by atoms with Crippen LogP contribution in [0.15, 0.2) is 36.4 Å². The Morgan fingerprint density at radius 3 is 1.94 bits per heavy atom. The standard InChI is InChI=1S/C13H9F4N/c14-8-5-4-7(6-11(8)17)13(18)12-9(15)2-1-3-10(12)16/h1-6,13H,18H2. The van der Waals surface area contributed by atoms with E-state index in [0.717, 1.165) is 24.3 Å². The normalized spacial score (nSPS) is 12.5. The van der Waals surface area contributed by atoms with E-state index in [4.69, 9.17) is 5.73 Å². The topological polar surface area (TPSA) is 26.0 Å². The molecule has 0 aliphatic rings. The predicted molar refractivity (Wildman–Crippen MR) is 58.7 cm³/mol. The van der Waals surface area contributed by atoms with Crippen molar-refractivity contribution in [2.45, 2.75) is 6.04 Å². The van der Waals surface area contributed by atoms with Gasteiger partial charge in [-0.25, -0.2) is 17.6 Å². The second kappa shape index (κ2) is 4.78. The van der Waals surface area contributed by atoms with E-state index in [0.29, 0.717) is 0 Å². The molecule has 5 heteroatoms. The van der Waals surface area contributed by atoms with Crippen molar-refractivity contribution in [3.63, 3.8) is 0 Å². The molecule has 2 rings (SSSR count). The summed E-state index contributed by atoms with van der Waals surface area (Å²) in [5.74, 6) is -3.81. The largest absolute Gasteiger partial charge is 0.320 e. The van der Waals surface area contributed by atoms with Crippen molar-refractivity contribution in [3.8, 4) is 0 Å². The SMILES string of the molecule is NC(c1ccc(F)c(F)c1)c1c(F)cccc1F. The zero-order valence-electron chi connectivity index (χ0n) is 9.13. The maximum atomic E-state index is 13.5. The summed E-state index contributed by atoms with van der Waals surface area (Å²) in [6.45, 7) is 0. The molecule has 2 N–H and O–H groups in total. The minimum Gasteiger partial charge on any atom is -0.320 e. The molecule has 2 aromatic carbocycles. The molecule has 94 valence electrons. The zero-order valence-corrected chi connectivity index (χ0v) is 9.13. The van der Waals surface area contributed by atoms with Gasteiger partial charge in [0, 0.05) is 5.56 Å². The maximum absolute atomic E-state index is 13.5. The Morgan fingerprint density at radius 2 is 1.39 bits per heavy atom. The molecule has 18 heavy (non-hydrogen) atoms. The lowest BCUT2D eigenvalue weighted by molar-refractivity contribution is 0.504. The van der Waals surface area contributed by atoms with Crippen molar-refractivity contribution >= 4 is 0 Å². The Hall–Kier alpha value is -1.88. The molecular weight excluding hydrogens is 246 g/mol. The quantitative estimate of drug-likeness (QED) is 0.819. The molecule has 0 fully saturated rings. The molecule has 0 aromatic heterocycles. The fourth-order valence-electron chi connectivity index (χ4n) is 1.68. The van der Waals surface area contributed by atoms with Gasteiger partial charge in [0.1, 0.15) is 11.6 Å². The fraction of sp³-hybridized carbons (Fsp3) is 0.0769. The number of hydrogen-bond acceptors (Lipinski definition) is 1. The number of benzene rings is 2. The average molecular weight is 255 g/mol. The minimum atomic E-state index is -1.19. The summed E-state index contributed by atoms with van der Waals surface area (Å²) in [7, 11) is 0. The van der Waals surface area contributed by atoms with Crippen LogP contribution in [0.25, 0.3) is 0 Å². The predicted octanol–water partition coefficient (Wildman–Crippen LogP) is 3.29. The first-order valence-corrected chi connectivity index (χ1v) is 5.15. The van der Waals surface area contributed by atoms with Crippen LogP contribution in [0.4, 0.5) is 17.6 Å². The third kappa shape index (κ3) is 2.22. The van der Waals surface area contributed by atoms with Crippen LogP contribution in [-0.2, 0) is 0 Å². The van der Waals surface area contributed by atoms with Gasteiger partial charge < -0.3 is 5.73 Å². The molecule has 0 saturated carbocycles. The second-order valence-corrected chi connectivity index (χ2v) is 3.79. The molecule has 1 unspecified atom stereocenters. The van der Waals surface area contributed by atoms with Crippen molar-refractivity contribution in [2.24, 2.45) is 5.73 Å². The Bertz CT molecular complexity index is 563. The van der Waals surface area contributed by atoms with E-state index in [2.05, 4.69) is 0 Å². The summed E-state index contributed by atoms with van der Waals surface area (Å²) in [6.07, 6.45) is 0. The smallest absolute Gasteiger partial charge is 0.159 e. The lowest BCUT2D eigenvalue weighted by Gasteiger charge is -2.14. The van der Waals surface area contributed by atoms with Gasteiger partial charge in [0.2, 0.25) is 0 Å². The highest BCUT2D eigenvalue weighted by molar-refractivity contribution is 5.33. The number of halogens is 4. The van der Waals surface area contributed by atoms with Gasteiger partial charge in [-0.15, -0.1) is 0 Å². The van der Waals surface area contributed by atoms with Crippen LogP contribution in [0.3, 0.4) is 0 Å². The van der Waals surface area contributed by atoms with E-state index in [1.54, 1.807) is 0 Å². The average Bonchev–Trinajstić information content (AvgIpc) is 2.32. The monoisotopic (exact) mass is 255 g/mol. The first-order chi connectivity index (χ1) is 8.50. The van der Waals surface area contributed by atoms with E-state index in [1.807, 2.05) is 0 Å². The van der Waals surface area contributed by atoms with E-state index in [-0.39, 0.29) is 11.1 Å². The van der Waals surface area contributed by atoms with Crippen LogP contribution in [0.5, 0.6) is 0 Å². The number of rotatable bonds is 2. The lowest BCUT2D eigenvalue weighted by atomic mass is 9.98. The Balaban J connectivity index is 2.48. The van der Waals surface area contributed by atoms with Crippen molar-refractivity contribution in [2.75, 3.05) is 0 Å². The summed E-state index contributed by atoms with van der Waals surface area (Å²) < 4.78 is 52.8. The van der Waals surface area contributed by atoms with Gasteiger partial charge >= 0.3 is 0 Å². The van der Waals surface area contributed by atoms with Crippen LogP contribution >= 0.6 is 0 Å². The first-order valence-electron chi connectivity index (χ1n) is 5.15. The highest BCUT2D eigenvalue weighted by Gasteiger charge is 2.19. The Labute approximate surface area is 101 Å². The summed E-state index contributed by atoms with van der Waals surface area (Å²) in [6, 6.07) is 4.99. The lowest BCUT2D eigenvalue weighted by Crippen LogP contribution is -2.16. The summed E-state index contributed by atoms with van der Waals surface area (Å²) in [4.78, 5) is 0. The molecular formula is C13H9F4N. The Morgan fingerprint density at radius 1 is 0.778 bits per heavy atom. The van der Waals surface area contributed by atoms with Crippen molar-refractivity contribution in [1.29, 1.82) is 0 Å². The van der Waals surface area contributed by atoms with Gasteiger partial charge in [-0.05, 0) is 29.8 Å². The van der Waals surface area contributed by atoms with E-state index in [9.17, 15) is 17.6 Å². The van der Waals surface area contributed by atoms with Gasteiger partial charge in [0.25, 0.3) is 0 Å². The molecule has 0 heterocycles. The van der Waals surface area contributed by atoms with Crippen LogP contribution < -0.4 is 5.73 Å². The van der Waals surface area contributed by atoms with Crippen LogP contribution in [0.2, 0.25) is 0 Å². The molecule has 0 bridgehead atoms. The molecule has 1 nitrogen and oxygen atoms in total. The summed E-state index contributed by atoms with van der Waals surface area (Å²) in [5, 5.41) is 0. The van der Waals surface area contributed by atoms with Crippen molar-refractivity contribution in [3.05, 3.63) is 70.8 Å². The molecule has 1 atom stereocenters. The van der Waals surface area contributed by atoms with Crippen LogP contribution in [0.1, 0.15) is 17.2 Å². The highest BCUT2D eigenvalue weighted by atomic mass is 19.2. The number of hydrogen-bond donors (Lipinski definition) is 1. The third-order valence-electron chi connectivity index (χ3n) is 2.61. The highest BCUT2D eigenvalue weighted by Crippen LogP contribution is 2.25. The summed E-state index contributed by atoms with van der Waals surface area (Å²) >= 11 is 0. The third-order valence-corrected chi connectivity index (χ3v) is 2.61. The van der Waals surface area contributed by atoms with Crippen molar-refractivity contribution in [1.82, 2.24) is 0 Å². The van der Waals surface area contributed by atoms with Gasteiger partial charge in [-0.1, -0.05) is 12.1 Å². The van der Waals surface area contributed by atoms with Gasteiger partial charge in [0.15, 0.2) is 11.6 Å². The summed E-state index contributed by atoms with van der Waals surface area (Å²) in [5.41, 5.74) is 5.39. The van der Waals surface area contributed by atoms with E-state index >= 15 is 0 Å². The molecule has 0 spiro atoms. The zero-order chi connectivity index (χ0) is 13.3. The van der Waals surface area contributed by atoms with Crippen LogP contribution in [-0.4, -0.2) is 0 Å². The molecule has 0 saturated heterocycles. The molecule has 2 aromatic rings. The van der Waals surface area contributed by atoms with Gasteiger partial charge in [0.05, 0.1) is 6.04 Å². The molecule has 0 radical (unpaired) electrons. The molecule has 0 amide bonds. The first kappa shape index (κ1) is 12.6. The number of nitrogens with two attached hydrogens (primary N) is 1.